The van der Waals surface area contributed by atoms with Crippen LogP contribution in [0.3, 0.4) is 0 Å². The molecule has 2 unspecified atom stereocenters. The molecule has 0 saturated carbocycles. The van der Waals surface area contributed by atoms with Crippen molar-refractivity contribution in [3.8, 4) is 0 Å². The van der Waals surface area contributed by atoms with Crippen molar-refractivity contribution in [3.05, 3.63) is 0 Å². The predicted octanol–water partition coefficient (Wildman–Crippen LogP) is 9.06. The highest BCUT2D eigenvalue weighted by Crippen LogP contribution is 2.44. The molecule has 0 amide bonds. The number of rotatable bonds is 14. The van der Waals surface area contributed by atoms with Crippen molar-refractivity contribution in [2.75, 3.05) is 26.3 Å². The molecule has 0 spiro atoms. The van der Waals surface area contributed by atoms with Crippen LogP contribution in [0.1, 0.15) is 162 Å². The Kier molecular flexibility index (Phi) is 14.1. The Morgan fingerprint density at radius 1 is 0.596 bits per heavy atom. The van der Waals surface area contributed by atoms with Gasteiger partial charge in [-0.2, -0.15) is 0 Å². The maximum Gasteiger partial charge on any atom is 0.306 e. The molecule has 7 heteroatoms. The molecule has 47 heavy (non-hydrogen) atoms. The molecule has 0 N–H and O–H groups in total. The van der Waals surface area contributed by atoms with Gasteiger partial charge in [0, 0.05) is 48.1 Å². The molecule has 0 aliphatic carbocycles. The molecule has 2 aliphatic rings. The van der Waals surface area contributed by atoms with E-state index in [0.717, 1.165) is 51.6 Å². The first-order chi connectivity index (χ1) is 21.1. The van der Waals surface area contributed by atoms with E-state index in [0.29, 0.717) is 37.9 Å². The maximum absolute atomic E-state index is 12.6. The number of piperidine rings is 2. The fourth-order valence-electron chi connectivity index (χ4n) is 9.55. The third-order valence-electron chi connectivity index (χ3n) is 10.3. The van der Waals surface area contributed by atoms with Gasteiger partial charge in [-0.05, 0) is 117 Å². The maximum atomic E-state index is 12.6. The number of carbonyl (C=O) groups excluding carboxylic acids is 2. The molecular weight excluding hydrogens is 588 g/mol. The van der Waals surface area contributed by atoms with Crippen LogP contribution in [0.4, 0.5) is 0 Å². The normalized spacial score (nSPS) is 23.7. The molecular formula is C40H76N2O5. The van der Waals surface area contributed by atoms with E-state index in [1.807, 2.05) is 0 Å². The highest BCUT2D eigenvalue weighted by atomic mass is 16.5. The van der Waals surface area contributed by atoms with Crippen LogP contribution in [0.2, 0.25) is 0 Å². The Balaban J connectivity index is 1.92. The van der Waals surface area contributed by atoms with Crippen molar-refractivity contribution in [1.29, 1.82) is 0 Å². The summed E-state index contributed by atoms with van der Waals surface area (Å²) in [5.41, 5.74) is 0.0841. The second-order valence-corrected chi connectivity index (χ2v) is 20.3. The lowest BCUT2D eigenvalue weighted by atomic mass is 9.76. The number of hydrogen-bond donors (Lipinski definition) is 0. The molecule has 2 aliphatic heterocycles. The van der Waals surface area contributed by atoms with Crippen molar-refractivity contribution in [3.63, 3.8) is 0 Å². The number of esters is 2. The molecule has 7 nitrogen and oxygen atoms in total. The van der Waals surface area contributed by atoms with Gasteiger partial charge in [0.25, 0.3) is 0 Å². The Hall–Kier alpha value is -1.18. The zero-order valence-electron chi connectivity index (χ0n) is 33.7. The quantitative estimate of drug-likeness (QED) is 0.172. The predicted molar refractivity (Wildman–Crippen MR) is 194 cm³/mol. The Bertz CT molecular complexity index is 903. The van der Waals surface area contributed by atoms with Crippen LogP contribution in [0.5, 0.6) is 0 Å². The molecule has 0 bridgehead atoms. The van der Waals surface area contributed by atoms with Crippen LogP contribution in [-0.2, 0) is 23.8 Å². The summed E-state index contributed by atoms with van der Waals surface area (Å²) in [5.74, 6) is 0.465. The largest absolute Gasteiger partial charge is 0.464 e. The summed E-state index contributed by atoms with van der Waals surface area (Å²) in [6.45, 7) is 38.3. The molecule has 2 fully saturated rings. The highest BCUT2D eigenvalue weighted by molar-refractivity contribution is 5.70. The third kappa shape index (κ3) is 13.9. The van der Waals surface area contributed by atoms with E-state index in [1.165, 1.54) is 0 Å². The van der Waals surface area contributed by atoms with E-state index in [-0.39, 0.29) is 57.1 Å². The molecule has 0 aromatic rings. The highest BCUT2D eigenvalue weighted by Gasteiger charge is 2.49. The molecule has 276 valence electrons. The number of ether oxygens (including phenoxy) is 3. The second kappa shape index (κ2) is 15.8. The van der Waals surface area contributed by atoms with Crippen LogP contribution in [-0.4, -0.2) is 82.4 Å². The topological polar surface area (TPSA) is 68.3 Å². The summed E-state index contributed by atoms with van der Waals surface area (Å²) < 4.78 is 18.5. The Morgan fingerprint density at radius 3 is 1.13 bits per heavy atom. The zero-order valence-corrected chi connectivity index (χ0v) is 33.7. The van der Waals surface area contributed by atoms with Crippen molar-refractivity contribution >= 4 is 11.9 Å². The van der Waals surface area contributed by atoms with Gasteiger partial charge in [0.1, 0.15) is 13.2 Å². The SMILES string of the molecule is CC(CC(=O)OCCN1C(C)(C)CC(OC2CC(C)(C)N(CCOC(=O)CC(C)CC(C)(C)C)C(C)(C)C2)CC1(C)C)CC(C)(C)C. The summed E-state index contributed by atoms with van der Waals surface area (Å²) in [4.78, 5) is 30.2. The second-order valence-electron chi connectivity index (χ2n) is 20.3. The Morgan fingerprint density at radius 2 is 0.872 bits per heavy atom. The molecule has 2 saturated heterocycles. The monoisotopic (exact) mass is 665 g/mol. The minimum Gasteiger partial charge on any atom is -0.464 e. The van der Waals surface area contributed by atoms with Gasteiger partial charge >= 0.3 is 11.9 Å². The first-order valence-corrected chi connectivity index (χ1v) is 18.6. The van der Waals surface area contributed by atoms with Crippen LogP contribution in [0.25, 0.3) is 0 Å². The molecule has 2 rings (SSSR count). The van der Waals surface area contributed by atoms with E-state index in [1.54, 1.807) is 0 Å². The lowest BCUT2D eigenvalue weighted by molar-refractivity contribution is -0.169. The van der Waals surface area contributed by atoms with Gasteiger partial charge < -0.3 is 14.2 Å². The van der Waals surface area contributed by atoms with Gasteiger partial charge in [-0.1, -0.05) is 55.4 Å². The van der Waals surface area contributed by atoms with Gasteiger partial charge in [-0.3, -0.25) is 19.4 Å². The third-order valence-corrected chi connectivity index (χ3v) is 10.3. The fraction of sp³-hybridized carbons (Fsp3) is 0.950. The molecule has 0 aromatic carbocycles. The van der Waals surface area contributed by atoms with Crippen LogP contribution < -0.4 is 0 Å². The van der Waals surface area contributed by atoms with Crippen molar-refractivity contribution < 1.29 is 23.8 Å². The molecule has 2 atom stereocenters. The van der Waals surface area contributed by atoms with Gasteiger partial charge in [0.15, 0.2) is 0 Å². The van der Waals surface area contributed by atoms with E-state index in [4.69, 9.17) is 14.2 Å². The minimum atomic E-state index is -0.0870. The average Bonchev–Trinajstić information content (AvgIpc) is 2.78. The van der Waals surface area contributed by atoms with Crippen molar-refractivity contribution in [2.45, 2.75) is 197 Å². The zero-order chi connectivity index (χ0) is 36.2. The van der Waals surface area contributed by atoms with Gasteiger partial charge in [-0.25, -0.2) is 0 Å². The summed E-state index contributed by atoms with van der Waals surface area (Å²) in [7, 11) is 0. The van der Waals surface area contributed by atoms with Gasteiger partial charge in [0.2, 0.25) is 0 Å². The standard InChI is InChI=1S/C40H76N2O5/c1-29(23-35(3,4)5)21-33(43)45-19-17-41-37(9,10)25-31(26-38(41,11)12)47-32-27-39(13,14)42(40(15,16)28-32)18-20-46-34(44)22-30(2)24-36(6,7)8/h29-32H,17-28H2,1-16H3. The minimum absolute atomic E-state index is 0.0850. The van der Waals surface area contributed by atoms with Gasteiger partial charge in [0.05, 0.1) is 12.2 Å². The summed E-state index contributed by atoms with van der Waals surface area (Å²) in [6, 6.07) is 0. The van der Waals surface area contributed by atoms with Crippen LogP contribution >= 0.6 is 0 Å². The van der Waals surface area contributed by atoms with Gasteiger partial charge in [-0.15, -0.1) is 0 Å². The fourth-order valence-corrected chi connectivity index (χ4v) is 9.55. The van der Waals surface area contributed by atoms with E-state index < -0.39 is 0 Å². The Labute approximate surface area is 290 Å². The first kappa shape index (κ1) is 42.0. The molecule has 0 aromatic heterocycles. The van der Waals surface area contributed by atoms with E-state index in [2.05, 4.69) is 121 Å². The van der Waals surface area contributed by atoms with E-state index in [9.17, 15) is 9.59 Å². The molecule has 0 radical (unpaired) electrons. The molecule has 2 heterocycles. The average molecular weight is 665 g/mol. The van der Waals surface area contributed by atoms with Crippen LogP contribution in [0.15, 0.2) is 0 Å². The lowest BCUT2D eigenvalue weighted by Crippen LogP contribution is -2.65. The summed E-state index contributed by atoms with van der Waals surface area (Å²) in [5, 5.41) is 0. The number of likely N-dealkylation sites (tertiary alicyclic amines) is 2. The smallest absolute Gasteiger partial charge is 0.306 e. The van der Waals surface area contributed by atoms with Crippen LogP contribution in [0, 0.1) is 22.7 Å². The summed E-state index contributed by atoms with van der Waals surface area (Å²) >= 11 is 0. The number of hydrogen-bond acceptors (Lipinski definition) is 7. The number of carbonyl (C=O) groups is 2. The number of nitrogens with zero attached hydrogens (tertiary/aromatic N) is 2. The first-order valence-electron chi connectivity index (χ1n) is 18.6. The van der Waals surface area contributed by atoms with Crippen molar-refractivity contribution in [1.82, 2.24) is 9.80 Å². The van der Waals surface area contributed by atoms with Crippen molar-refractivity contribution in [2.24, 2.45) is 22.7 Å². The summed E-state index contributed by atoms with van der Waals surface area (Å²) in [6.07, 6.45) is 7.07. The lowest BCUT2D eigenvalue weighted by Gasteiger charge is -2.58. The van der Waals surface area contributed by atoms with E-state index >= 15 is 0 Å².